The molecule has 0 saturated carbocycles. The van der Waals surface area contributed by atoms with Crippen molar-refractivity contribution in [2.45, 2.75) is 119 Å². The van der Waals surface area contributed by atoms with Crippen LogP contribution in [-0.2, 0) is 19.2 Å². The molecule has 5 N–H and O–H groups in total. The summed E-state index contributed by atoms with van der Waals surface area (Å²) in [6.45, 7) is 23.9. The van der Waals surface area contributed by atoms with E-state index in [-0.39, 0.29) is 46.0 Å². The molecule has 0 aromatic carbocycles. The zero-order valence-electron chi connectivity index (χ0n) is 22.1. The molecular weight excluding hydrogens is 396 g/mol. The lowest BCUT2D eigenvalue weighted by molar-refractivity contribution is -0.129. The van der Waals surface area contributed by atoms with Gasteiger partial charge in [0.15, 0.2) is 0 Å². The van der Waals surface area contributed by atoms with Crippen LogP contribution >= 0.6 is 0 Å². The Kier molecular flexibility index (Phi) is 15.4. The second-order valence-electron chi connectivity index (χ2n) is 11.0. The average molecular weight is 445 g/mol. The van der Waals surface area contributed by atoms with Gasteiger partial charge in [0.1, 0.15) is 5.78 Å². The zero-order chi connectivity index (χ0) is 25.8. The van der Waals surface area contributed by atoms with Crippen LogP contribution < -0.4 is 21.7 Å². The molecule has 0 spiro atoms. The summed E-state index contributed by atoms with van der Waals surface area (Å²) in [5, 5.41) is 8.33. The van der Waals surface area contributed by atoms with E-state index in [1.54, 1.807) is 13.8 Å². The van der Waals surface area contributed by atoms with Gasteiger partial charge in [-0.3, -0.25) is 14.4 Å². The minimum Gasteiger partial charge on any atom is -0.352 e. The van der Waals surface area contributed by atoms with Crippen molar-refractivity contribution in [1.29, 1.82) is 0 Å². The highest BCUT2D eigenvalue weighted by molar-refractivity contribution is 5.85. The predicted molar refractivity (Wildman–Crippen MR) is 127 cm³/mol. The molecule has 3 amide bonds. The molecule has 31 heavy (non-hydrogen) atoms. The monoisotopic (exact) mass is 444 g/mol. The number of nitrogens with one attached hydrogen (secondary N) is 3. The molecule has 0 fully saturated rings. The highest BCUT2D eigenvalue weighted by Crippen LogP contribution is 2.06. The van der Waals surface area contributed by atoms with Crippen LogP contribution in [0.25, 0.3) is 0 Å². The first-order valence-electron chi connectivity index (χ1n) is 10.6. The molecule has 0 aliphatic rings. The summed E-state index contributed by atoms with van der Waals surface area (Å²) in [4.78, 5) is 43.4. The molecule has 0 radical (unpaired) electrons. The van der Waals surface area contributed by atoms with Crippen molar-refractivity contribution in [2.75, 3.05) is 0 Å². The lowest BCUT2D eigenvalue weighted by atomic mass is 10.0. The summed E-state index contributed by atoms with van der Waals surface area (Å²) in [6.07, 6.45) is 0.321. The Labute approximate surface area is 189 Å². The van der Waals surface area contributed by atoms with E-state index in [9.17, 15) is 19.2 Å². The molecule has 0 saturated heterocycles. The number of carbonyl (C=O) groups is 4. The molecule has 0 aliphatic heterocycles. The van der Waals surface area contributed by atoms with E-state index in [0.29, 0.717) is 6.42 Å². The second kappa shape index (κ2) is 14.2. The lowest BCUT2D eigenvalue weighted by Gasteiger charge is -2.22. The highest BCUT2D eigenvalue weighted by atomic mass is 16.2. The quantitative estimate of drug-likeness (QED) is 0.529. The molecule has 8 heteroatoms. The van der Waals surface area contributed by atoms with Crippen molar-refractivity contribution >= 4 is 23.5 Å². The molecule has 0 unspecified atom stereocenters. The number of amides is 3. The van der Waals surface area contributed by atoms with E-state index < -0.39 is 6.04 Å². The van der Waals surface area contributed by atoms with E-state index in [0.717, 1.165) is 0 Å². The van der Waals surface area contributed by atoms with Gasteiger partial charge in [0.05, 0.1) is 6.04 Å². The number of hydrogen-bond acceptors (Lipinski definition) is 5. The van der Waals surface area contributed by atoms with Crippen molar-refractivity contribution in [1.82, 2.24) is 16.0 Å². The number of ketones is 1. The van der Waals surface area contributed by atoms with Gasteiger partial charge in [0.25, 0.3) is 0 Å². The topological polar surface area (TPSA) is 130 Å². The Hall–Kier alpha value is -1.96. The Bertz CT molecular complexity index is 580. The van der Waals surface area contributed by atoms with Gasteiger partial charge < -0.3 is 26.5 Å². The Morgan fingerprint density at radius 2 is 1.00 bits per heavy atom. The van der Waals surface area contributed by atoms with Crippen LogP contribution in [0.1, 0.15) is 96.4 Å². The lowest BCUT2D eigenvalue weighted by Crippen LogP contribution is -2.47. The van der Waals surface area contributed by atoms with Crippen LogP contribution in [0.2, 0.25) is 0 Å². The van der Waals surface area contributed by atoms with Crippen molar-refractivity contribution in [3.05, 3.63) is 0 Å². The Morgan fingerprint density at radius 1 is 0.677 bits per heavy atom. The summed E-state index contributed by atoms with van der Waals surface area (Å²) < 4.78 is 0. The Morgan fingerprint density at radius 3 is 1.16 bits per heavy atom. The van der Waals surface area contributed by atoms with Gasteiger partial charge in [0, 0.05) is 35.9 Å². The molecular formula is C23H48N4O4. The van der Waals surface area contributed by atoms with Crippen LogP contribution in [0.4, 0.5) is 0 Å². The molecule has 0 bridgehead atoms. The van der Waals surface area contributed by atoms with E-state index >= 15 is 0 Å². The summed E-state index contributed by atoms with van der Waals surface area (Å²) >= 11 is 0. The summed E-state index contributed by atoms with van der Waals surface area (Å²) in [6, 6.07) is -0.417. The zero-order valence-corrected chi connectivity index (χ0v) is 22.1. The van der Waals surface area contributed by atoms with E-state index in [1.165, 1.54) is 13.8 Å². The molecule has 0 rings (SSSR count). The number of rotatable bonds is 4. The summed E-state index contributed by atoms with van der Waals surface area (Å²) in [5.41, 5.74) is 4.86. The third kappa shape index (κ3) is 30.3. The minimum absolute atomic E-state index is 0.0255. The molecule has 184 valence electrons. The van der Waals surface area contributed by atoms with Gasteiger partial charge in [-0.05, 0) is 76.2 Å². The van der Waals surface area contributed by atoms with Gasteiger partial charge in [-0.2, -0.15) is 0 Å². The molecule has 2 atom stereocenters. The van der Waals surface area contributed by atoms with Crippen molar-refractivity contribution in [3.8, 4) is 0 Å². The number of nitrogens with two attached hydrogens (primary N) is 1. The van der Waals surface area contributed by atoms with Gasteiger partial charge in [-0.1, -0.05) is 6.92 Å². The van der Waals surface area contributed by atoms with Crippen LogP contribution in [0.15, 0.2) is 0 Å². The SMILES string of the molecule is CC(=O)C[C@@H](C)C(=O)NC(C)(C)C.CC(=O)NC(C)(C)C.C[C@H](N)C(=O)NC(C)(C)C. The fourth-order valence-electron chi connectivity index (χ4n) is 2.03. The predicted octanol–water partition coefficient (Wildman–Crippen LogP) is 2.69. The number of hydrogen-bond donors (Lipinski definition) is 4. The first-order chi connectivity index (χ1) is 13.5. The molecule has 0 aliphatic carbocycles. The van der Waals surface area contributed by atoms with Gasteiger partial charge >= 0.3 is 0 Å². The first-order valence-corrected chi connectivity index (χ1v) is 10.6. The fourth-order valence-corrected chi connectivity index (χ4v) is 2.03. The highest BCUT2D eigenvalue weighted by Gasteiger charge is 2.20. The van der Waals surface area contributed by atoms with Crippen molar-refractivity contribution in [2.24, 2.45) is 11.7 Å². The average Bonchev–Trinajstić information content (AvgIpc) is 2.41. The van der Waals surface area contributed by atoms with Crippen molar-refractivity contribution in [3.63, 3.8) is 0 Å². The first kappa shape index (κ1) is 33.7. The van der Waals surface area contributed by atoms with Crippen LogP contribution in [0, 0.1) is 5.92 Å². The molecule has 0 aromatic heterocycles. The molecule has 0 heterocycles. The number of carbonyl (C=O) groups excluding carboxylic acids is 4. The minimum atomic E-state index is -0.417. The Balaban J connectivity index is -0.000000392. The fraction of sp³-hybridized carbons (Fsp3) is 0.826. The maximum absolute atomic E-state index is 11.4. The van der Waals surface area contributed by atoms with Crippen LogP contribution in [0.3, 0.4) is 0 Å². The third-order valence-electron chi connectivity index (χ3n) is 3.00. The molecule has 0 aromatic rings. The standard InChI is InChI=1S/C10H19NO2.C7H16N2O.C6H13NO/c1-7(6-8(2)12)9(13)11-10(3,4)5;1-5(8)6(10)9-7(2,3)4;1-5(8)7-6(2,3)4/h7H,6H2,1-5H3,(H,11,13);5H,8H2,1-4H3,(H,9,10);1-4H3,(H,7,8)/t7-;5-;/m10./s1. The summed E-state index contributed by atoms with van der Waals surface area (Å²) in [7, 11) is 0. The van der Waals surface area contributed by atoms with Gasteiger partial charge in [-0.15, -0.1) is 0 Å². The van der Waals surface area contributed by atoms with Crippen molar-refractivity contribution < 1.29 is 19.2 Å². The smallest absolute Gasteiger partial charge is 0.237 e. The van der Waals surface area contributed by atoms with E-state index in [1.807, 2.05) is 62.3 Å². The maximum atomic E-state index is 11.4. The maximum Gasteiger partial charge on any atom is 0.237 e. The van der Waals surface area contributed by atoms with Crippen LogP contribution in [0.5, 0.6) is 0 Å². The molecule has 8 nitrogen and oxygen atoms in total. The second-order valence-corrected chi connectivity index (χ2v) is 11.0. The van der Waals surface area contributed by atoms with E-state index in [4.69, 9.17) is 5.73 Å². The van der Waals surface area contributed by atoms with E-state index in [2.05, 4.69) is 16.0 Å². The largest absolute Gasteiger partial charge is 0.352 e. The normalized spacial score (nSPS) is 13.2. The van der Waals surface area contributed by atoms with Crippen LogP contribution in [-0.4, -0.2) is 46.2 Å². The number of Topliss-reactive ketones (excluding diaryl/α,β-unsaturated/α-hetero) is 1. The van der Waals surface area contributed by atoms with Gasteiger partial charge in [-0.25, -0.2) is 0 Å². The van der Waals surface area contributed by atoms with Gasteiger partial charge in [0.2, 0.25) is 17.7 Å². The summed E-state index contributed by atoms with van der Waals surface area (Å²) in [5.74, 6) is -0.305. The third-order valence-corrected chi connectivity index (χ3v) is 3.00.